The van der Waals surface area contributed by atoms with Gasteiger partial charge in [-0.1, -0.05) is 0 Å². The minimum atomic E-state index is -0.805. The Hall–Kier alpha value is -1.56. The molecule has 0 spiro atoms. The summed E-state index contributed by atoms with van der Waals surface area (Å²) in [6.07, 6.45) is 0. The maximum absolute atomic E-state index is 12.9. The second-order valence-electron chi connectivity index (χ2n) is 2.29. The lowest BCUT2D eigenvalue weighted by Crippen LogP contribution is -1.92. The molecular formula is C7H4FNO3S. The van der Waals surface area contributed by atoms with Crippen LogP contribution in [0.1, 0.15) is 0 Å². The summed E-state index contributed by atoms with van der Waals surface area (Å²) >= 11 is 1.04. The molecule has 2 N–H and O–H groups in total. The first-order valence-electron chi connectivity index (χ1n) is 3.34. The first kappa shape index (κ1) is 8.06. The molecule has 13 heavy (non-hydrogen) atoms. The summed E-state index contributed by atoms with van der Waals surface area (Å²) < 4.78 is 17.5. The number of thiophene rings is 1. The van der Waals surface area contributed by atoms with Gasteiger partial charge in [-0.3, -0.25) is 4.98 Å². The largest absolute Gasteiger partial charge is 0.492 e. The minimum Gasteiger partial charge on any atom is -0.492 e. The van der Waals surface area contributed by atoms with Crippen molar-refractivity contribution in [2.75, 3.05) is 0 Å². The lowest BCUT2D eigenvalue weighted by Gasteiger charge is -1.90. The van der Waals surface area contributed by atoms with Crippen molar-refractivity contribution in [3.63, 3.8) is 0 Å². The van der Waals surface area contributed by atoms with Gasteiger partial charge in [0.15, 0.2) is 0 Å². The van der Waals surface area contributed by atoms with Gasteiger partial charge in [-0.05, 0) is 11.4 Å². The molecule has 0 atom stereocenters. The quantitative estimate of drug-likeness (QED) is 0.735. The molecule has 0 saturated carbocycles. The van der Waals surface area contributed by atoms with Gasteiger partial charge in [0, 0.05) is 0 Å². The van der Waals surface area contributed by atoms with Crippen molar-refractivity contribution in [3.05, 3.63) is 27.8 Å². The fourth-order valence-electron chi connectivity index (χ4n) is 0.930. The molecule has 2 heterocycles. The maximum atomic E-state index is 12.9. The van der Waals surface area contributed by atoms with E-state index in [9.17, 15) is 9.18 Å². The second kappa shape index (κ2) is 2.74. The van der Waals surface area contributed by atoms with Crippen LogP contribution in [0.2, 0.25) is 0 Å². The molecule has 0 amide bonds. The van der Waals surface area contributed by atoms with Gasteiger partial charge in [0.05, 0.1) is 0 Å². The third kappa shape index (κ3) is 1.25. The Kier molecular flexibility index (Phi) is 1.70. The number of H-pyrrole nitrogens is 1. The van der Waals surface area contributed by atoms with Gasteiger partial charge >= 0.3 is 5.76 Å². The Balaban J connectivity index is 2.65. The van der Waals surface area contributed by atoms with Gasteiger partial charge in [0.2, 0.25) is 11.6 Å². The van der Waals surface area contributed by atoms with Crippen molar-refractivity contribution in [3.8, 4) is 16.5 Å². The van der Waals surface area contributed by atoms with Gasteiger partial charge in [-0.25, -0.2) is 9.18 Å². The lowest BCUT2D eigenvalue weighted by molar-refractivity contribution is 0.452. The van der Waals surface area contributed by atoms with E-state index in [2.05, 4.69) is 4.42 Å². The molecular weight excluding hydrogens is 197 g/mol. The molecule has 0 fully saturated rings. The minimum absolute atomic E-state index is 0.107. The summed E-state index contributed by atoms with van der Waals surface area (Å²) in [5, 5.41) is 10.6. The van der Waals surface area contributed by atoms with E-state index in [0.717, 1.165) is 11.3 Å². The molecule has 68 valence electrons. The summed E-state index contributed by atoms with van der Waals surface area (Å²) in [6.45, 7) is 0. The van der Waals surface area contributed by atoms with Crippen LogP contribution in [0.15, 0.2) is 20.7 Å². The Morgan fingerprint density at radius 3 is 2.85 bits per heavy atom. The molecule has 0 radical (unpaired) electrons. The van der Waals surface area contributed by atoms with Crippen molar-refractivity contribution in [2.45, 2.75) is 0 Å². The number of oxazole rings is 1. The second-order valence-corrected chi connectivity index (χ2v) is 3.21. The number of rotatable bonds is 1. The fraction of sp³-hybridized carbons (Fsp3) is 0. The van der Waals surface area contributed by atoms with Crippen molar-refractivity contribution in [1.82, 2.24) is 4.98 Å². The Bertz CT molecular complexity index is 484. The average molecular weight is 201 g/mol. The van der Waals surface area contributed by atoms with Crippen LogP contribution in [0, 0.1) is 5.82 Å². The van der Waals surface area contributed by atoms with Crippen LogP contribution >= 0.6 is 11.3 Å². The Labute approximate surface area is 75.3 Å². The van der Waals surface area contributed by atoms with Crippen molar-refractivity contribution < 1.29 is 13.9 Å². The van der Waals surface area contributed by atoms with Gasteiger partial charge in [-0.2, -0.15) is 0 Å². The van der Waals surface area contributed by atoms with Crippen LogP contribution in [0.25, 0.3) is 10.6 Å². The zero-order valence-corrected chi connectivity index (χ0v) is 7.02. The summed E-state index contributed by atoms with van der Waals surface area (Å²) in [4.78, 5) is 12.7. The highest BCUT2D eigenvalue weighted by Gasteiger charge is 2.16. The van der Waals surface area contributed by atoms with Crippen molar-refractivity contribution in [2.24, 2.45) is 0 Å². The molecule has 0 bridgehead atoms. The molecule has 2 aromatic heterocycles. The maximum Gasteiger partial charge on any atom is 0.419 e. The number of hydrogen-bond donors (Lipinski definition) is 2. The van der Waals surface area contributed by atoms with E-state index < -0.39 is 17.5 Å². The van der Waals surface area contributed by atoms with Crippen molar-refractivity contribution >= 4 is 11.3 Å². The van der Waals surface area contributed by atoms with E-state index in [1.54, 1.807) is 0 Å². The van der Waals surface area contributed by atoms with Crippen molar-refractivity contribution in [1.29, 1.82) is 0 Å². The highest BCUT2D eigenvalue weighted by atomic mass is 32.1. The topological polar surface area (TPSA) is 66.2 Å². The van der Waals surface area contributed by atoms with Gasteiger partial charge in [-0.15, -0.1) is 11.3 Å². The molecule has 2 aromatic rings. The molecule has 0 saturated heterocycles. The summed E-state index contributed by atoms with van der Waals surface area (Å²) in [5.74, 6) is -1.94. The number of aromatic nitrogens is 1. The average Bonchev–Trinajstić information content (AvgIpc) is 2.58. The zero-order valence-electron chi connectivity index (χ0n) is 6.20. The fourth-order valence-corrected chi connectivity index (χ4v) is 1.68. The number of nitrogens with one attached hydrogen (secondary N) is 1. The third-order valence-corrected chi connectivity index (χ3v) is 2.34. The Morgan fingerprint density at radius 1 is 1.62 bits per heavy atom. The highest BCUT2D eigenvalue weighted by molar-refractivity contribution is 7.13. The van der Waals surface area contributed by atoms with Gasteiger partial charge in [0.1, 0.15) is 10.7 Å². The van der Waals surface area contributed by atoms with Gasteiger partial charge < -0.3 is 9.52 Å². The predicted molar refractivity (Wildman–Crippen MR) is 44.3 cm³/mol. The smallest absolute Gasteiger partial charge is 0.419 e. The van der Waals surface area contributed by atoms with E-state index in [0.29, 0.717) is 0 Å². The van der Waals surface area contributed by atoms with Crippen LogP contribution in [-0.2, 0) is 0 Å². The predicted octanol–water partition coefficient (Wildman–Crippen LogP) is 1.54. The van der Waals surface area contributed by atoms with E-state index in [1.165, 1.54) is 11.4 Å². The van der Waals surface area contributed by atoms with E-state index in [1.807, 2.05) is 4.98 Å². The van der Waals surface area contributed by atoms with Crippen LogP contribution in [-0.4, -0.2) is 10.1 Å². The first-order chi connectivity index (χ1) is 6.18. The lowest BCUT2D eigenvalue weighted by atomic mass is 10.4. The van der Waals surface area contributed by atoms with Gasteiger partial charge in [0.25, 0.3) is 0 Å². The Morgan fingerprint density at radius 2 is 2.38 bits per heavy atom. The van der Waals surface area contributed by atoms with E-state index in [-0.39, 0.29) is 10.6 Å². The number of aromatic hydroxyl groups is 1. The highest BCUT2D eigenvalue weighted by Crippen LogP contribution is 2.32. The summed E-state index contributed by atoms with van der Waals surface area (Å²) in [6, 6.07) is 1.23. The molecule has 0 aromatic carbocycles. The number of hydrogen-bond acceptors (Lipinski definition) is 4. The number of halogens is 1. The summed E-state index contributed by atoms with van der Waals surface area (Å²) in [7, 11) is 0. The van der Waals surface area contributed by atoms with Crippen LogP contribution in [0.5, 0.6) is 5.88 Å². The molecule has 0 aliphatic heterocycles. The monoisotopic (exact) mass is 201 g/mol. The summed E-state index contributed by atoms with van der Waals surface area (Å²) in [5.41, 5.74) is 0. The van der Waals surface area contributed by atoms with E-state index in [4.69, 9.17) is 5.11 Å². The molecule has 4 nitrogen and oxygen atoms in total. The molecule has 0 unspecified atom stereocenters. The third-order valence-electron chi connectivity index (χ3n) is 1.45. The van der Waals surface area contributed by atoms with Crippen LogP contribution in [0.3, 0.4) is 0 Å². The SMILES string of the molecule is O=c1[nH]c(O)c(-c2sccc2F)o1. The van der Waals surface area contributed by atoms with Crippen LogP contribution in [0.4, 0.5) is 4.39 Å². The standard InChI is InChI=1S/C7H4FNO3S/c8-3-1-2-13-5(3)4-6(10)9-7(11)12-4/h1-2,10H,(H,9,11). The molecule has 2 rings (SSSR count). The zero-order chi connectivity index (χ0) is 9.42. The van der Waals surface area contributed by atoms with Crippen LogP contribution < -0.4 is 5.76 Å². The first-order valence-corrected chi connectivity index (χ1v) is 4.22. The molecule has 6 heteroatoms. The normalized spacial score (nSPS) is 10.5. The van der Waals surface area contributed by atoms with E-state index >= 15 is 0 Å². The molecule has 0 aliphatic carbocycles. The number of aromatic amines is 1. The molecule has 0 aliphatic rings.